The summed E-state index contributed by atoms with van der Waals surface area (Å²) in [4.78, 5) is 25.7. The van der Waals surface area contributed by atoms with E-state index in [2.05, 4.69) is 10.6 Å². The largest absolute Gasteiger partial charge is 1.00 e. The van der Waals surface area contributed by atoms with Crippen LogP contribution in [0.1, 0.15) is 58.1 Å². The molecule has 18 heteroatoms. The molecule has 2 atom stereocenters. The molecule has 0 bridgehead atoms. The van der Waals surface area contributed by atoms with Gasteiger partial charge in [0.15, 0.2) is 12.5 Å². The fourth-order valence-corrected chi connectivity index (χ4v) is 10.5. The van der Waals surface area contributed by atoms with E-state index < -0.39 is 47.7 Å². The van der Waals surface area contributed by atoms with Crippen LogP contribution in [0.15, 0.2) is 120 Å². The van der Waals surface area contributed by atoms with Crippen LogP contribution in [0, 0.1) is 23.3 Å². The number of ether oxygens (including phenoxy) is 3. The number of allylic oxidation sites excluding steroid dienone is 4. The van der Waals surface area contributed by atoms with Gasteiger partial charge in [0.2, 0.25) is 0 Å². The van der Waals surface area contributed by atoms with Gasteiger partial charge < -0.3 is 44.6 Å². The van der Waals surface area contributed by atoms with E-state index in [4.69, 9.17) is 14.2 Å². The monoisotopic (exact) mass is 974 g/mol. The second kappa shape index (κ2) is 22.3. The van der Waals surface area contributed by atoms with Crippen LogP contribution in [0.3, 0.4) is 0 Å². The number of dihydropyridines is 2. The number of esters is 1. The molecule has 0 spiro atoms. The molecule has 0 saturated carbocycles. The summed E-state index contributed by atoms with van der Waals surface area (Å²) in [5.74, 6) is -4.02. The zero-order chi connectivity index (χ0) is 45.5. The molecular weight excluding hydrogens is 928 g/mol. The number of nitrogens with one attached hydrogen (secondary N) is 2. The van der Waals surface area contributed by atoms with E-state index in [0.717, 1.165) is 72.9 Å². The molecule has 2 unspecified atom stereocenters. The van der Waals surface area contributed by atoms with Crippen LogP contribution in [-0.2, 0) is 27.3 Å². The molecular formula is C51H47F4LiN4O7S2. The van der Waals surface area contributed by atoms with Crippen LogP contribution >= 0.6 is 22.7 Å². The third-order valence-electron chi connectivity index (χ3n) is 11.4. The number of carbonyl (C=O) groups is 2. The van der Waals surface area contributed by atoms with Gasteiger partial charge in [-0.15, -0.1) is 22.7 Å². The number of carboxylic acids is 1. The maximum Gasteiger partial charge on any atom is 1.00 e. The Labute approximate surface area is 415 Å². The predicted molar refractivity (Wildman–Crippen MR) is 261 cm³/mol. The summed E-state index contributed by atoms with van der Waals surface area (Å²) in [5, 5.41) is 24.0. The van der Waals surface area contributed by atoms with Crippen LogP contribution in [0.2, 0.25) is 0 Å². The Morgan fingerprint density at radius 2 is 1.09 bits per heavy atom. The molecule has 6 heterocycles. The van der Waals surface area contributed by atoms with Gasteiger partial charge >= 0.3 is 30.8 Å². The maximum absolute atomic E-state index is 14.6. The number of aromatic nitrogens is 2. The third kappa shape index (κ3) is 9.77. The molecule has 4 aromatic carbocycles. The number of nitrogens with zero attached hydrogens (tertiary/aromatic N) is 2. The van der Waals surface area contributed by atoms with Crippen molar-refractivity contribution in [2.24, 2.45) is 0 Å². The Morgan fingerprint density at radius 3 is 1.51 bits per heavy atom. The zero-order valence-corrected chi connectivity index (χ0v) is 37.9. The first-order valence-electron chi connectivity index (χ1n) is 20.1. The van der Waals surface area contributed by atoms with E-state index in [-0.39, 0.29) is 74.8 Å². The van der Waals surface area contributed by atoms with E-state index in [9.17, 15) is 32.3 Å². The summed E-state index contributed by atoms with van der Waals surface area (Å²) in [6, 6.07) is 18.0. The van der Waals surface area contributed by atoms with E-state index >= 15 is 0 Å². The topological polar surface area (TPSA) is 146 Å². The molecule has 0 amide bonds. The van der Waals surface area contributed by atoms with E-state index in [0.29, 0.717) is 27.7 Å². The summed E-state index contributed by atoms with van der Waals surface area (Å²) in [5.41, 5.74) is 4.33. The molecule has 8 aromatic rings. The first-order valence-corrected chi connectivity index (χ1v) is 21.8. The quantitative estimate of drug-likeness (QED) is 0.0695. The Bertz CT molecular complexity index is 3340. The third-order valence-corrected chi connectivity index (χ3v) is 13.3. The average molecular weight is 975 g/mol. The Morgan fingerprint density at radius 1 is 0.652 bits per heavy atom. The number of methoxy groups -OCH3 is 3. The standard InChI is InChI=1S/C25H20F2N2O3S.C24H18F2N2O3S.2CH4.Li.H2O/c1-31-24-17(4-3-10-28-24)20-21-19(8-5-14-9-11-33-23(14)21)29(22(20)25(30)32-2)13-15-12-16(26)6-7-18(15)27;1-31-23-16(3-2-9-27-23)19-20-18(7-4-13-8-10-32-22(13)20)28(21(19)24(29)30)12-14-11-15(25)5-6-17(14)26;;;;/h3-12,24,28H,13H2,1-2H3;2-11,23,27H,12H2,1H3,(H,29,30);2*1H4;;1H2/q;;;;+1;/p-1. The predicted octanol–water partition coefficient (Wildman–Crippen LogP) is 8.89. The van der Waals surface area contributed by atoms with E-state index in [1.165, 1.54) is 30.1 Å². The SMILES string of the molecule is C.C.COC(=O)c1c(C2=CC=CNC2OC)c2c3sccc3ccc2n1Cc1cc(F)ccc1F.COC1NC=CC=C1c1c(C(=O)O)n(Cc2cc(F)ccc2F)c2ccc3ccsc3c12.[Li+].[OH-]. The minimum Gasteiger partial charge on any atom is -0.870 e. The van der Waals surface area contributed by atoms with Crippen LogP contribution in [0.4, 0.5) is 17.6 Å². The summed E-state index contributed by atoms with van der Waals surface area (Å²) in [6.45, 7) is -0.178. The first kappa shape index (κ1) is 53.5. The molecule has 2 aliphatic heterocycles. The van der Waals surface area contributed by atoms with Crippen molar-refractivity contribution in [1.82, 2.24) is 19.8 Å². The van der Waals surface area contributed by atoms with Gasteiger partial charge in [-0.05, 0) is 107 Å². The van der Waals surface area contributed by atoms with E-state index in [1.54, 1.807) is 41.5 Å². The molecule has 69 heavy (non-hydrogen) atoms. The molecule has 4 aromatic heterocycles. The minimum atomic E-state index is -1.16. The van der Waals surface area contributed by atoms with Gasteiger partial charge in [0.05, 0.1) is 31.2 Å². The van der Waals surface area contributed by atoms with Gasteiger partial charge in [-0.2, -0.15) is 0 Å². The maximum atomic E-state index is 14.6. The number of benzene rings is 4. The minimum absolute atomic E-state index is 0. The second-order valence-corrected chi connectivity index (χ2v) is 16.8. The summed E-state index contributed by atoms with van der Waals surface area (Å²) >= 11 is 3.05. The van der Waals surface area contributed by atoms with Crippen molar-refractivity contribution in [2.75, 3.05) is 21.3 Å². The van der Waals surface area contributed by atoms with Crippen LogP contribution in [-0.4, -0.2) is 65.4 Å². The van der Waals surface area contributed by atoms with Gasteiger partial charge in [0, 0.05) is 67.8 Å². The van der Waals surface area contributed by atoms with Crippen molar-refractivity contribution in [3.05, 3.63) is 177 Å². The fourth-order valence-electron chi connectivity index (χ4n) is 8.58. The van der Waals surface area contributed by atoms with Crippen molar-refractivity contribution in [3.8, 4) is 0 Å². The van der Waals surface area contributed by atoms with Crippen molar-refractivity contribution < 1.29 is 70.8 Å². The molecule has 0 saturated heterocycles. The van der Waals surface area contributed by atoms with Crippen molar-refractivity contribution >= 4 is 87.7 Å². The smallest absolute Gasteiger partial charge is 0.870 e. The van der Waals surface area contributed by atoms with Crippen molar-refractivity contribution in [3.63, 3.8) is 0 Å². The summed E-state index contributed by atoms with van der Waals surface area (Å²) in [6.07, 6.45) is 9.72. The van der Waals surface area contributed by atoms with Gasteiger partial charge in [-0.25, -0.2) is 27.2 Å². The molecule has 4 N–H and O–H groups in total. The first-order chi connectivity index (χ1) is 31.5. The number of carboxylic acid groups (broad SMARTS) is 1. The number of thiophene rings is 2. The molecule has 2 aliphatic rings. The summed E-state index contributed by atoms with van der Waals surface area (Å²) in [7, 11) is 4.41. The van der Waals surface area contributed by atoms with Gasteiger partial charge in [0.1, 0.15) is 34.7 Å². The Hall–Kier alpha value is -6.42. The van der Waals surface area contributed by atoms with Crippen molar-refractivity contribution in [2.45, 2.75) is 40.4 Å². The number of aromatic carboxylic acids is 1. The van der Waals surface area contributed by atoms with E-state index in [1.807, 2.05) is 65.4 Å². The summed E-state index contributed by atoms with van der Waals surface area (Å²) < 4.78 is 78.4. The van der Waals surface area contributed by atoms with Crippen LogP contribution in [0.25, 0.3) is 53.1 Å². The number of rotatable bonds is 10. The normalized spacial score (nSPS) is 14.8. The number of hydrogen-bond donors (Lipinski definition) is 3. The number of fused-ring (bicyclic) bond motifs is 6. The number of halogens is 4. The Balaban J connectivity index is 0.000000243. The number of carbonyl (C=O) groups excluding carboxylic acids is 1. The second-order valence-electron chi connectivity index (χ2n) is 15.0. The Kier molecular flexibility index (Phi) is 17.3. The average Bonchev–Trinajstić information content (AvgIpc) is 4.12. The molecule has 10 rings (SSSR count). The molecule has 0 fully saturated rings. The molecule has 11 nitrogen and oxygen atoms in total. The molecule has 354 valence electrons. The molecule has 0 aliphatic carbocycles. The van der Waals surface area contributed by atoms with Crippen LogP contribution < -0.4 is 29.5 Å². The van der Waals surface area contributed by atoms with Gasteiger partial charge in [-0.3, -0.25) is 0 Å². The fraction of sp³-hybridized carbons (Fsp3) is 0.176. The number of hydrogen-bond acceptors (Lipinski definition) is 10. The van der Waals surface area contributed by atoms with Crippen molar-refractivity contribution in [1.29, 1.82) is 0 Å². The van der Waals surface area contributed by atoms with Crippen LogP contribution in [0.5, 0.6) is 0 Å². The molecule has 0 radical (unpaired) electrons. The van der Waals surface area contributed by atoms with Gasteiger partial charge in [0.25, 0.3) is 0 Å². The zero-order valence-electron chi connectivity index (χ0n) is 36.3. The van der Waals surface area contributed by atoms with Gasteiger partial charge in [-0.1, -0.05) is 39.1 Å².